The second-order valence-corrected chi connectivity index (χ2v) is 7.12. The van der Waals surface area contributed by atoms with Crippen LogP contribution in [0, 0.1) is 13.8 Å². The summed E-state index contributed by atoms with van der Waals surface area (Å²) >= 11 is 0. The van der Waals surface area contributed by atoms with E-state index in [9.17, 15) is 4.79 Å². The van der Waals surface area contributed by atoms with E-state index in [2.05, 4.69) is 21.5 Å². The van der Waals surface area contributed by atoms with Gasteiger partial charge in [-0.2, -0.15) is 4.98 Å². The monoisotopic (exact) mass is 409 g/mol. The van der Waals surface area contributed by atoms with Crippen LogP contribution in [0.2, 0.25) is 0 Å². The smallest absolute Gasteiger partial charge is 0.226 e. The number of rotatable bonds is 10. The molecule has 0 unspecified atom stereocenters. The molecule has 0 saturated carbocycles. The molecular weight excluding hydrogens is 382 g/mol. The fourth-order valence-corrected chi connectivity index (χ4v) is 3.08. The molecular formula is C23H27N3O4. The van der Waals surface area contributed by atoms with Crippen LogP contribution in [0.4, 0.5) is 0 Å². The van der Waals surface area contributed by atoms with Crippen LogP contribution in [0.3, 0.4) is 0 Å². The van der Waals surface area contributed by atoms with Crippen molar-refractivity contribution < 1.29 is 18.8 Å². The third-order valence-corrected chi connectivity index (χ3v) is 4.50. The Morgan fingerprint density at radius 3 is 2.50 bits per heavy atom. The van der Waals surface area contributed by atoms with Gasteiger partial charge in [-0.3, -0.25) is 4.79 Å². The van der Waals surface area contributed by atoms with Crippen LogP contribution < -0.4 is 14.8 Å². The number of carbonyl (C=O) groups excluding carboxylic acids is 1. The van der Waals surface area contributed by atoms with Gasteiger partial charge in [0.25, 0.3) is 0 Å². The van der Waals surface area contributed by atoms with Gasteiger partial charge >= 0.3 is 0 Å². The Bertz CT molecular complexity index is 947. The Kier molecular flexibility index (Phi) is 7.43. The largest absolute Gasteiger partial charge is 0.497 e. The zero-order valence-electron chi connectivity index (χ0n) is 17.6. The molecule has 2 aromatic carbocycles. The Morgan fingerprint density at radius 2 is 1.80 bits per heavy atom. The first-order chi connectivity index (χ1) is 14.5. The minimum Gasteiger partial charge on any atom is -0.497 e. The summed E-state index contributed by atoms with van der Waals surface area (Å²) in [5.41, 5.74) is 3.17. The lowest BCUT2D eigenvalue weighted by atomic mass is 10.1. The molecule has 1 amide bonds. The number of aromatic nitrogens is 2. The SMILES string of the molecule is COc1ccc(-c2noc(CCCC(=O)NCCOc3cc(C)cc(C)c3)n2)cc1. The summed E-state index contributed by atoms with van der Waals surface area (Å²) in [6, 6.07) is 13.5. The van der Waals surface area contributed by atoms with E-state index >= 15 is 0 Å². The molecule has 0 bridgehead atoms. The fraction of sp³-hybridized carbons (Fsp3) is 0.348. The normalized spacial score (nSPS) is 10.6. The number of methoxy groups -OCH3 is 1. The second kappa shape index (κ2) is 10.4. The van der Waals surface area contributed by atoms with Crippen LogP contribution in [-0.2, 0) is 11.2 Å². The summed E-state index contributed by atoms with van der Waals surface area (Å²) in [5.74, 6) is 2.63. The predicted octanol–water partition coefficient (Wildman–Crippen LogP) is 3.88. The first-order valence-electron chi connectivity index (χ1n) is 9.98. The lowest BCUT2D eigenvalue weighted by Gasteiger charge is -2.09. The molecule has 0 radical (unpaired) electrons. The van der Waals surface area contributed by atoms with Gasteiger partial charge in [-0.25, -0.2) is 0 Å². The molecule has 0 aliphatic carbocycles. The van der Waals surface area contributed by atoms with Gasteiger partial charge in [0.2, 0.25) is 17.6 Å². The molecule has 1 aromatic heterocycles. The van der Waals surface area contributed by atoms with Crippen molar-refractivity contribution in [1.29, 1.82) is 0 Å². The van der Waals surface area contributed by atoms with E-state index in [1.54, 1.807) is 7.11 Å². The summed E-state index contributed by atoms with van der Waals surface area (Å²) in [6.07, 6.45) is 1.58. The summed E-state index contributed by atoms with van der Waals surface area (Å²) in [4.78, 5) is 16.4. The Balaban J connectivity index is 1.35. The average molecular weight is 409 g/mol. The third-order valence-electron chi connectivity index (χ3n) is 4.50. The van der Waals surface area contributed by atoms with Crippen molar-refractivity contribution in [2.75, 3.05) is 20.3 Å². The molecule has 158 valence electrons. The van der Waals surface area contributed by atoms with Crippen LogP contribution in [0.25, 0.3) is 11.4 Å². The number of aryl methyl sites for hydroxylation is 3. The van der Waals surface area contributed by atoms with Gasteiger partial charge in [0.15, 0.2) is 0 Å². The molecule has 7 heteroatoms. The second-order valence-electron chi connectivity index (χ2n) is 7.12. The van der Waals surface area contributed by atoms with E-state index in [0.29, 0.717) is 44.1 Å². The van der Waals surface area contributed by atoms with E-state index in [1.807, 2.05) is 50.2 Å². The van der Waals surface area contributed by atoms with Gasteiger partial charge in [-0.05, 0) is 67.8 Å². The van der Waals surface area contributed by atoms with Crippen molar-refractivity contribution in [3.05, 3.63) is 59.5 Å². The van der Waals surface area contributed by atoms with Gasteiger partial charge in [-0.15, -0.1) is 0 Å². The Labute approximate surface area is 176 Å². The lowest BCUT2D eigenvalue weighted by Crippen LogP contribution is -2.27. The van der Waals surface area contributed by atoms with E-state index in [4.69, 9.17) is 14.0 Å². The summed E-state index contributed by atoms with van der Waals surface area (Å²) in [5, 5.41) is 6.87. The molecule has 3 aromatic rings. The maximum atomic E-state index is 12.0. The van der Waals surface area contributed by atoms with Crippen LogP contribution in [0.5, 0.6) is 11.5 Å². The quantitative estimate of drug-likeness (QED) is 0.512. The molecule has 0 aliphatic heterocycles. The molecule has 0 saturated heterocycles. The highest BCUT2D eigenvalue weighted by Gasteiger charge is 2.10. The predicted molar refractivity (Wildman–Crippen MR) is 114 cm³/mol. The van der Waals surface area contributed by atoms with Crippen LogP contribution in [0.1, 0.15) is 29.9 Å². The molecule has 1 N–H and O–H groups in total. The molecule has 0 spiro atoms. The van der Waals surface area contributed by atoms with Crippen molar-refractivity contribution in [3.8, 4) is 22.9 Å². The van der Waals surface area contributed by atoms with Gasteiger partial charge in [-0.1, -0.05) is 11.2 Å². The van der Waals surface area contributed by atoms with Crippen molar-refractivity contribution >= 4 is 5.91 Å². The number of hydrogen-bond acceptors (Lipinski definition) is 6. The fourth-order valence-electron chi connectivity index (χ4n) is 3.08. The molecule has 1 heterocycles. The highest BCUT2D eigenvalue weighted by Crippen LogP contribution is 2.20. The molecule has 0 aliphatic rings. The van der Waals surface area contributed by atoms with Crippen LogP contribution in [-0.4, -0.2) is 36.3 Å². The number of hydrogen-bond donors (Lipinski definition) is 1. The third kappa shape index (κ3) is 6.34. The maximum absolute atomic E-state index is 12.0. The van der Waals surface area contributed by atoms with Crippen molar-refractivity contribution in [3.63, 3.8) is 0 Å². The zero-order chi connectivity index (χ0) is 21.3. The highest BCUT2D eigenvalue weighted by molar-refractivity contribution is 5.75. The first-order valence-corrected chi connectivity index (χ1v) is 9.98. The standard InChI is InChI=1S/C23H27N3O4/c1-16-13-17(2)15-20(14-16)29-12-11-24-21(27)5-4-6-22-25-23(26-30-22)18-7-9-19(28-3)10-8-18/h7-10,13-15H,4-6,11-12H2,1-3H3,(H,24,27). The molecule has 0 atom stereocenters. The minimum absolute atomic E-state index is 0.0195. The summed E-state index contributed by atoms with van der Waals surface area (Å²) in [6.45, 7) is 4.97. The number of ether oxygens (including phenoxy) is 2. The molecule has 30 heavy (non-hydrogen) atoms. The number of benzene rings is 2. The lowest BCUT2D eigenvalue weighted by molar-refractivity contribution is -0.121. The van der Waals surface area contributed by atoms with Crippen LogP contribution >= 0.6 is 0 Å². The number of nitrogens with one attached hydrogen (secondary N) is 1. The summed E-state index contributed by atoms with van der Waals surface area (Å²) in [7, 11) is 1.62. The Morgan fingerprint density at radius 1 is 1.07 bits per heavy atom. The number of amides is 1. The van der Waals surface area contributed by atoms with Crippen molar-refractivity contribution in [2.45, 2.75) is 33.1 Å². The zero-order valence-corrected chi connectivity index (χ0v) is 17.6. The first kappa shape index (κ1) is 21.4. The van der Waals surface area contributed by atoms with E-state index < -0.39 is 0 Å². The van der Waals surface area contributed by atoms with E-state index in [0.717, 1.165) is 28.2 Å². The summed E-state index contributed by atoms with van der Waals surface area (Å²) < 4.78 is 16.1. The topological polar surface area (TPSA) is 86.5 Å². The van der Waals surface area contributed by atoms with E-state index in [-0.39, 0.29) is 5.91 Å². The molecule has 0 fully saturated rings. The number of carbonyl (C=O) groups is 1. The average Bonchev–Trinajstić information content (AvgIpc) is 3.19. The molecule has 3 rings (SSSR count). The maximum Gasteiger partial charge on any atom is 0.226 e. The Hall–Kier alpha value is -3.35. The van der Waals surface area contributed by atoms with Crippen molar-refractivity contribution in [1.82, 2.24) is 15.5 Å². The van der Waals surface area contributed by atoms with Crippen molar-refractivity contribution in [2.24, 2.45) is 0 Å². The number of nitrogens with zero attached hydrogens (tertiary/aromatic N) is 2. The van der Waals surface area contributed by atoms with Gasteiger partial charge in [0.1, 0.15) is 18.1 Å². The van der Waals surface area contributed by atoms with E-state index in [1.165, 1.54) is 0 Å². The minimum atomic E-state index is -0.0195. The van der Waals surface area contributed by atoms with Gasteiger partial charge < -0.3 is 19.3 Å². The van der Waals surface area contributed by atoms with Crippen LogP contribution in [0.15, 0.2) is 47.0 Å². The van der Waals surface area contributed by atoms with Gasteiger partial charge in [0.05, 0.1) is 13.7 Å². The van der Waals surface area contributed by atoms with Gasteiger partial charge in [0, 0.05) is 18.4 Å². The highest BCUT2D eigenvalue weighted by atomic mass is 16.5. The molecule has 7 nitrogen and oxygen atoms in total.